The highest BCUT2D eigenvalue weighted by molar-refractivity contribution is 9.10. The Hall–Kier alpha value is -1.54. The third-order valence-corrected chi connectivity index (χ3v) is 3.79. The van der Waals surface area contributed by atoms with Crippen molar-refractivity contribution in [2.24, 2.45) is 12.8 Å². The van der Waals surface area contributed by atoms with Gasteiger partial charge in [-0.15, -0.1) is 5.10 Å². The van der Waals surface area contributed by atoms with Crippen LogP contribution in [-0.4, -0.2) is 30.6 Å². The molecule has 0 saturated heterocycles. The van der Waals surface area contributed by atoms with E-state index in [1.165, 1.54) is 4.68 Å². The summed E-state index contributed by atoms with van der Waals surface area (Å²) >= 11 is 3.44. The van der Waals surface area contributed by atoms with Crippen LogP contribution < -0.4 is 5.73 Å². The van der Waals surface area contributed by atoms with Gasteiger partial charge < -0.3 is 5.73 Å². The van der Waals surface area contributed by atoms with Crippen LogP contribution in [0.2, 0.25) is 0 Å². The predicted molar refractivity (Wildman–Crippen MR) is 72.3 cm³/mol. The number of rotatable bonds is 5. The number of aryl methyl sites for hydroxylation is 2. The number of nitrogens with zero attached hydrogens (tertiary/aromatic N) is 5. The summed E-state index contributed by atoms with van der Waals surface area (Å²) in [6, 6.07) is 0. The third kappa shape index (κ3) is 3.07. The van der Waals surface area contributed by atoms with Crippen LogP contribution in [-0.2, 0) is 31.4 Å². The SMILES string of the molecule is Cc1nn(C)c(CC(=O)Cn2cc(CN)nn2)c1Br. The minimum absolute atomic E-state index is 0.0390. The van der Waals surface area contributed by atoms with E-state index in [0.717, 1.165) is 15.9 Å². The molecule has 0 fully saturated rings. The number of hydrogen-bond acceptors (Lipinski definition) is 5. The second-order valence-corrected chi connectivity index (χ2v) is 5.09. The number of aromatic nitrogens is 5. The van der Waals surface area contributed by atoms with Crippen LogP contribution >= 0.6 is 15.9 Å². The zero-order chi connectivity index (χ0) is 14.0. The van der Waals surface area contributed by atoms with Crippen LogP contribution in [0.15, 0.2) is 10.7 Å². The molecule has 2 heterocycles. The average Bonchev–Trinajstić information content (AvgIpc) is 2.90. The van der Waals surface area contributed by atoms with E-state index in [1.807, 2.05) is 14.0 Å². The van der Waals surface area contributed by atoms with E-state index in [9.17, 15) is 4.79 Å². The Kier molecular flexibility index (Phi) is 4.11. The molecule has 102 valence electrons. The van der Waals surface area contributed by atoms with Crippen molar-refractivity contribution in [2.75, 3.05) is 0 Å². The highest BCUT2D eigenvalue weighted by Crippen LogP contribution is 2.20. The Morgan fingerprint density at radius 1 is 1.53 bits per heavy atom. The van der Waals surface area contributed by atoms with Gasteiger partial charge in [0.25, 0.3) is 0 Å². The Balaban J connectivity index is 2.05. The van der Waals surface area contributed by atoms with Gasteiger partial charge in [0.2, 0.25) is 0 Å². The first-order valence-corrected chi connectivity index (χ1v) is 6.59. The minimum atomic E-state index is 0.0390. The van der Waals surface area contributed by atoms with Crippen LogP contribution in [0.5, 0.6) is 0 Å². The van der Waals surface area contributed by atoms with Crippen molar-refractivity contribution >= 4 is 21.7 Å². The maximum atomic E-state index is 12.0. The smallest absolute Gasteiger partial charge is 0.160 e. The van der Waals surface area contributed by atoms with Crippen molar-refractivity contribution in [1.82, 2.24) is 24.8 Å². The Morgan fingerprint density at radius 3 is 2.79 bits per heavy atom. The fourth-order valence-electron chi connectivity index (χ4n) is 1.80. The van der Waals surface area contributed by atoms with E-state index in [2.05, 4.69) is 31.3 Å². The van der Waals surface area contributed by atoms with Gasteiger partial charge in [-0.25, -0.2) is 4.68 Å². The number of Topliss-reactive ketones (excluding diaryl/α,β-unsaturated/α-hetero) is 1. The molecular formula is C11H15BrN6O. The highest BCUT2D eigenvalue weighted by Gasteiger charge is 2.15. The topological polar surface area (TPSA) is 91.6 Å². The van der Waals surface area contributed by atoms with Gasteiger partial charge in [0.1, 0.15) is 6.54 Å². The largest absolute Gasteiger partial charge is 0.325 e. The normalized spacial score (nSPS) is 10.9. The maximum absolute atomic E-state index is 12.0. The minimum Gasteiger partial charge on any atom is -0.325 e. The van der Waals surface area contributed by atoms with Crippen molar-refractivity contribution in [3.63, 3.8) is 0 Å². The molecule has 19 heavy (non-hydrogen) atoms. The summed E-state index contributed by atoms with van der Waals surface area (Å²) < 4.78 is 4.09. The molecule has 0 spiro atoms. The van der Waals surface area contributed by atoms with Gasteiger partial charge in [0, 0.05) is 13.6 Å². The van der Waals surface area contributed by atoms with E-state index in [0.29, 0.717) is 18.7 Å². The maximum Gasteiger partial charge on any atom is 0.160 e. The van der Waals surface area contributed by atoms with Crippen LogP contribution in [0.25, 0.3) is 0 Å². The molecule has 0 aromatic carbocycles. The summed E-state index contributed by atoms with van der Waals surface area (Å²) in [5.74, 6) is 0.0390. The third-order valence-electron chi connectivity index (χ3n) is 2.76. The van der Waals surface area contributed by atoms with Crippen molar-refractivity contribution in [2.45, 2.75) is 26.4 Å². The lowest BCUT2D eigenvalue weighted by molar-refractivity contribution is -0.119. The van der Waals surface area contributed by atoms with E-state index in [4.69, 9.17) is 5.73 Å². The number of carbonyl (C=O) groups is 1. The van der Waals surface area contributed by atoms with E-state index >= 15 is 0 Å². The lowest BCUT2D eigenvalue weighted by Gasteiger charge is -2.02. The monoisotopic (exact) mass is 326 g/mol. The summed E-state index contributed by atoms with van der Waals surface area (Å²) in [6.07, 6.45) is 1.98. The summed E-state index contributed by atoms with van der Waals surface area (Å²) in [6.45, 7) is 2.40. The molecule has 0 saturated carbocycles. The van der Waals surface area contributed by atoms with Crippen molar-refractivity contribution in [3.8, 4) is 0 Å². The molecule has 0 aliphatic heterocycles. The number of hydrogen-bond donors (Lipinski definition) is 1. The first-order chi connectivity index (χ1) is 9.01. The van der Waals surface area contributed by atoms with Gasteiger partial charge in [0.05, 0.1) is 34.2 Å². The quantitative estimate of drug-likeness (QED) is 0.856. The van der Waals surface area contributed by atoms with Crippen LogP contribution in [0.4, 0.5) is 0 Å². The molecule has 2 rings (SSSR count). The van der Waals surface area contributed by atoms with Gasteiger partial charge in [-0.05, 0) is 22.9 Å². The Labute approximate surface area is 118 Å². The highest BCUT2D eigenvalue weighted by atomic mass is 79.9. The van der Waals surface area contributed by atoms with Crippen LogP contribution in [0, 0.1) is 6.92 Å². The predicted octanol–water partition coefficient (Wildman–Crippen LogP) is 0.353. The Bertz CT molecular complexity index is 602. The molecule has 0 bridgehead atoms. The molecule has 2 aromatic heterocycles. The number of ketones is 1. The number of halogens is 1. The standard InChI is InChI=1S/C11H15BrN6O/c1-7-11(12)10(17(2)15-7)3-9(19)6-18-5-8(4-13)14-16-18/h5H,3-4,6,13H2,1-2H3. The first kappa shape index (κ1) is 13.9. The van der Waals surface area contributed by atoms with Crippen LogP contribution in [0.1, 0.15) is 17.1 Å². The fraction of sp³-hybridized carbons (Fsp3) is 0.455. The van der Waals surface area contributed by atoms with Crippen LogP contribution in [0.3, 0.4) is 0 Å². The van der Waals surface area contributed by atoms with E-state index in [1.54, 1.807) is 10.9 Å². The fourth-order valence-corrected chi connectivity index (χ4v) is 2.28. The lowest BCUT2D eigenvalue weighted by Crippen LogP contribution is -2.15. The Morgan fingerprint density at radius 2 is 2.26 bits per heavy atom. The molecule has 0 aliphatic carbocycles. The second kappa shape index (κ2) is 5.62. The van der Waals surface area contributed by atoms with Gasteiger partial charge in [-0.2, -0.15) is 5.10 Å². The molecule has 0 aliphatic rings. The lowest BCUT2D eigenvalue weighted by atomic mass is 10.2. The molecule has 2 N–H and O–H groups in total. The second-order valence-electron chi connectivity index (χ2n) is 4.30. The summed E-state index contributed by atoms with van der Waals surface area (Å²) in [7, 11) is 1.82. The summed E-state index contributed by atoms with van der Waals surface area (Å²) in [5, 5.41) is 11.9. The molecule has 0 radical (unpaired) electrons. The molecule has 0 amide bonds. The molecule has 0 unspecified atom stereocenters. The summed E-state index contributed by atoms with van der Waals surface area (Å²) in [5.41, 5.74) is 7.85. The number of nitrogens with two attached hydrogens (primary N) is 1. The van der Waals surface area contributed by atoms with Crippen molar-refractivity contribution in [3.05, 3.63) is 27.8 Å². The van der Waals surface area contributed by atoms with Crippen molar-refractivity contribution < 1.29 is 4.79 Å². The molecular weight excluding hydrogens is 312 g/mol. The van der Waals surface area contributed by atoms with Gasteiger partial charge in [-0.1, -0.05) is 5.21 Å². The first-order valence-electron chi connectivity index (χ1n) is 5.80. The van der Waals surface area contributed by atoms with E-state index < -0.39 is 0 Å². The van der Waals surface area contributed by atoms with Gasteiger partial charge >= 0.3 is 0 Å². The molecule has 8 heteroatoms. The van der Waals surface area contributed by atoms with E-state index in [-0.39, 0.29) is 12.3 Å². The van der Waals surface area contributed by atoms with Gasteiger partial charge in [-0.3, -0.25) is 9.48 Å². The summed E-state index contributed by atoms with van der Waals surface area (Å²) in [4.78, 5) is 12.0. The molecule has 2 aromatic rings. The van der Waals surface area contributed by atoms with Gasteiger partial charge in [0.15, 0.2) is 5.78 Å². The van der Waals surface area contributed by atoms with Crippen molar-refractivity contribution in [1.29, 1.82) is 0 Å². The molecule has 0 atom stereocenters. The average molecular weight is 327 g/mol. The number of carbonyl (C=O) groups excluding carboxylic acids is 1. The zero-order valence-corrected chi connectivity index (χ0v) is 12.4. The zero-order valence-electron chi connectivity index (χ0n) is 10.8. The molecule has 7 nitrogen and oxygen atoms in total.